The lowest BCUT2D eigenvalue weighted by Gasteiger charge is -2.47. The number of hydrogen-bond acceptors (Lipinski definition) is 6. The van der Waals surface area contributed by atoms with Gasteiger partial charge in [-0.15, -0.1) is 10.2 Å². The van der Waals surface area contributed by atoms with Gasteiger partial charge in [0.05, 0.1) is 11.1 Å². The summed E-state index contributed by atoms with van der Waals surface area (Å²) in [6.45, 7) is 1.70. The quantitative estimate of drug-likeness (QED) is 0.338. The monoisotopic (exact) mass is 514 g/mol. The third-order valence-corrected chi connectivity index (χ3v) is 8.13. The second-order valence-electron chi connectivity index (χ2n) is 10.6. The van der Waals surface area contributed by atoms with Crippen LogP contribution in [0, 0.1) is 17.0 Å². The van der Waals surface area contributed by atoms with Crippen LogP contribution in [-0.4, -0.2) is 39.5 Å². The fourth-order valence-corrected chi connectivity index (χ4v) is 5.87. The summed E-state index contributed by atoms with van der Waals surface area (Å²) in [5.41, 5.74) is 3.65. The van der Waals surface area contributed by atoms with Gasteiger partial charge < -0.3 is 14.5 Å². The standard InChI is InChI=1S/C29H24F2N4O3/c30-20-2-1-3-21(31)25(20)26-24(27(38-34-26)16-4-5-16)18-14-29(15-18)8-10-35(11-9-29)19-7-6-17-12-23(28(36)37)33-32-22(17)13-19/h1-3,6-7,12-14,16H,4-5,8-11,15H2,(H,36,37). The molecular formula is C29H24F2N4O3. The molecule has 0 atom stereocenters. The predicted octanol–water partition coefficient (Wildman–Crippen LogP) is 6.21. The van der Waals surface area contributed by atoms with E-state index in [0.717, 1.165) is 73.2 Å². The molecule has 1 N–H and O–H groups in total. The molecule has 2 fully saturated rings. The first-order valence-electron chi connectivity index (χ1n) is 12.8. The third-order valence-electron chi connectivity index (χ3n) is 8.13. The van der Waals surface area contributed by atoms with Crippen molar-refractivity contribution in [3.05, 3.63) is 77.2 Å². The number of allylic oxidation sites excluding steroid dienone is 2. The van der Waals surface area contributed by atoms with E-state index in [1.54, 1.807) is 0 Å². The lowest BCUT2D eigenvalue weighted by atomic mass is 9.63. The summed E-state index contributed by atoms with van der Waals surface area (Å²) in [4.78, 5) is 13.5. The van der Waals surface area contributed by atoms with Gasteiger partial charge in [-0.05, 0) is 73.4 Å². The summed E-state index contributed by atoms with van der Waals surface area (Å²) >= 11 is 0. The van der Waals surface area contributed by atoms with E-state index >= 15 is 0 Å². The average Bonchev–Trinajstić information content (AvgIpc) is 3.66. The Hall–Kier alpha value is -4.14. The summed E-state index contributed by atoms with van der Waals surface area (Å²) in [5, 5.41) is 21.9. The highest BCUT2D eigenvalue weighted by atomic mass is 19.1. The van der Waals surface area contributed by atoms with Crippen LogP contribution in [0.3, 0.4) is 0 Å². The topological polar surface area (TPSA) is 92.3 Å². The van der Waals surface area contributed by atoms with Crippen molar-refractivity contribution in [2.75, 3.05) is 18.0 Å². The molecule has 9 heteroatoms. The maximum atomic E-state index is 14.7. The van der Waals surface area contributed by atoms with Gasteiger partial charge in [0.25, 0.3) is 0 Å². The van der Waals surface area contributed by atoms with Gasteiger partial charge in [0, 0.05) is 35.6 Å². The maximum absolute atomic E-state index is 14.7. The third kappa shape index (κ3) is 3.76. The van der Waals surface area contributed by atoms with Crippen molar-refractivity contribution < 1.29 is 23.2 Å². The number of carboxylic acids is 1. The smallest absolute Gasteiger partial charge is 0.356 e. The van der Waals surface area contributed by atoms with E-state index in [2.05, 4.69) is 26.3 Å². The Morgan fingerprint density at radius 1 is 1.03 bits per heavy atom. The minimum absolute atomic E-state index is 0.0437. The number of anilines is 1. The highest BCUT2D eigenvalue weighted by molar-refractivity contribution is 5.91. The van der Waals surface area contributed by atoms with E-state index in [4.69, 9.17) is 9.63 Å². The molecule has 4 aromatic rings. The van der Waals surface area contributed by atoms with Crippen LogP contribution in [0.4, 0.5) is 14.5 Å². The van der Waals surface area contributed by atoms with Crippen molar-refractivity contribution in [1.29, 1.82) is 0 Å². The molecule has 1 saturated carbocycles. The summed E-state index contributed by atoms with van der Waals surface area (Å²) in [6, 6.07) is 11.2. The molecule has 2 aliphatic carbocycles. The molecule has 0 amide bonds. The number of aromatic carboxylic acids is 1. The van der Waals surface area contributed by atoms with Crippen molar-refractivity contribution in [3.63, 3.8) is 0 Å². The van der Waals surface area contributed by atoms with Crippen molar-refractivity contribution >= 4 is 28.1 Å². The Kier molecular flexibility index (Phi) is 5.11. The summed E-state index contributed by atoms with van der Waals surface area (Å²) in [6.07, 6.45) is 7.00. The van der Waals surface area contributed by atoms with Crippen molar-refractivity contribution in [1.82, 2.24) is 15.4 Å². The minimum atomic E-state index is -1.10. The van der Waals surface area contributed by atoms with Gasteiger partial charge in [0.15, 0.2) is 5.69 Å². The van der Waals surface area contributed by atoms with E-state index < -0.39 is 17.6 Å². The second-order valence-corrected chi connectivity index (χ2v) is 10.6. The van der Waals surface area contributed by atoms with Gasteiger partial charge >= 0.3 is 5.97 Å². The Bertz CT molecular complexity index is 1610. The number of piperidine rings is 1. The normalized spacial score (nSPS) is 18.5. The van der Waals surface area contributed by atoms with Gasteiger partial charge in [-0.2, -0.15) is 0 Å². The van der Waals surface area contributed by atoms with Crippen LogP contribution in [0.1, 0.15) is 59.8 Å². The molecular weight excluding hydrogens is 490 g/mol. The van der Waals surface area contributed by atoms with Crippen molar-refractivity contribution in [3.8, 4) is 11.3 Å². The largest absolute Gasteiger partial charge is 0.476 e. The zero-order valence-electron chi connectivity index (χ0n) is 20.5. The van der Waals surface area contributed by atoms with Crippen LogP contribution in [0.25, 0.3) is 27.7 Å². The maximum Gasteiger partial charge on any atom is 0.356 e. The van der Waals surface area contributed by atoms with Gasteiger partial charge in [0.2, 0.25) is 0 Å². The van der Waals surface area contributed by atoms with E-state index in [9.17, 15) is 13.6 Å². The lowest BCUT2D eigenvalue weighted by molar-refractivity contribution is 0.0689. The van der Waals surface area contributed by atoms with E-state index in [-0.39, 0.29) is 28.3 Å². The number of benzene rings is 2. The molecule has 192 valence electrons. The number of aromatic nitrogens is 3. The zero-order chi connectivity index (χ0) is 26.0. The Labute approximate surface area is 216 Å². The average molecular weight is 515 g/mol. The molecule has 1 saturated heterocycles. The fraction of sp³-hybridized carbons (Fsp3) is 0.310. The number of nitrogens with zero attached hydrogens (tertiary/aromatic N) is 4. The first-order chi connectivity index (χ1) is 18.4. The SMILES string of the molecule is O=C(O)c1cc2ccc(N3CCC4(C=C(c5c(-c6c(F)cccc6F)noc5C5CC5)C4)CC3)cc2nn1. The molecule has 2 aromatic heterocycles. The number of fused-ring (bicyclic) bond motifs is 1. The van der Waals surface area contributed by atoms with Gasteiger partial charge in [-0.25, -0.2) is 13.6 Å². The van der Waals surface area contributed by atoms with Crippen LogP contribution >= 0.6 is 0 Å². The molecule has 38 heavy (non-hydrogen) atoms. The van der Waals surface area contributed by atoms with Gasteiger partial charge in [-0.1, -0.05) is 23.4 Å². The Morgan fingerprint density at radius 2 is 1.76 bits per heavy atom. The highest BCUT2D eigenvalue weighted by Crippen LogP contribution is 2.56. The molecule has 0 unspecified atom stereocenters. The number of halogens is 2. The number of rotatable bonds is 5. The summed E-state index contributed by atoms with van der Waals surface area (Å²) in [7, 11) is 0. The summed E-state index contributed by atoms with van der Waals surface area (Å²) in [5.74, 6) is -1.35. The number of carbonyl (C=O) groups is 1. The Morgan fingerprint density at radius 3 is 2.45 bits per heavy atom. The molecule has 2 aromatic carbocycles. The molecule has 1 aliphatic heterocycles. The van der Waals surface area contributed by atoms with E-state index in [1.807, 2.05) is 18.2 Å². The molecule has 0 radical (unpaired) electrons. The second kappa shape index (κ2) is 8.44. The predicted molar refractivity (Wildman–Crippen MR) is 137 cm³/mol. The van der Waals surface area contributed by atoms with Gasteiger partial charge in [0.1, 0.15) is 23.1 Å². The highest BCUT2D eigenvalue weighted by Gasteiger charge is 2.44. The van der Waals surface area contributed by atoms with Crippen LogP contribution < -0.4 is 4.90 Å². The van der Waals surface area contributed by atoms with E-state index in [1.165, 1.54) is 24.3 Å². The van der Waals surface area contributed by atoms with Crippen molar-refractivity contribution in [2.24, 2.45) is 5.41 Å². The molecule has 0 bridgehead atoms. The number of carboxylic acid groups (broad SMARTS) is 1. The molecule has 7 nitrogen and oxygen atoms in total. The van der Waals surface area contributed by atoms with Crippen LogP contribution in [0.5, 0.6) is 0 Å². The zero-order valence-corrected chi connectivity index (χ0v) is 20.5. The molecule has 7 rings (SSSR count). The van der Waals surface area contributed by atoms with E-state index in [0.29, 0.717) is 5.52 Å². The van der Waals surface area contributed by atoms with Crippen LogP contribution in [0.2, 0.25) is 0 Å². The van der Waals surface area contributed by atoms with Gasteiger partial charge in [-0.3, -0.25) is 0 Å². The molecule has 3 aliphatic rings. The first-order valence-corrected chi connectivity index (χ1v) is 12.8. The first kappa shape index (κ1) is 23.0. The lowest BCUT2D eigenvalue weighted by Crippen LogP contribution is -2.42. The fourth-order valence-electron chi connectivity index (χ4n) is 5.87. The molecule has 3 heterocycles. The van der Waals surface area contributed by atoms with Crippen LogP contribution in [-0.2, 0) is 0 Å². The van der Waals surface area contributed by atoms with Crippen molar-refractivity contribution in [2.45, 2.75) is 38.0 Å². The number of hydrogen-bond donors (Lipinski definition) is 1. The minimum Gasteiger partial charge on any atom is -0.476 e. The Balaban J connectivity index is 1.13. The van der Waals surface area contributed by atoms with Crippen LogP contribution in [0.15, 0.2) is 53.1 Å². The molecule has 1 spiro atoms. The summed E-state index contributed by atoms with van der Waals surface area (Å²) < 4.78 is 35.0.